The highest BCUT2D eigenvalue weighted by Crippen LogP contribution is 2.06. The van der Waals surface area contributed by atoms with E-state index in [9.17, 15) is 9.59 Å². The molecule has 0 aliphatic carbocycles. The summed E-state index contributed by atoms with van der Waals surface area (Å²) in [6.45, 7) is 0. The molecule has 1 aromatic rings. The Morgan fingerprint density at radius 1 is 1.50 bits per heavy atom. The molecule has 2 N–H and O–H groups in total. The Morgan fingerprint density at radius 2 is 2.08 bits per heavy atom. The molecule has 12 heavy (non-hydrogen) atoms. The molecule has 64 valence electrons. The highest BCUT2D eigenvalue weighted by atomic mass is 16.4. The lowest BCUT2D eigenvalue weighted by Gasteiger charge is -2.01. The number of hydrogen-bond donors (Lipinski definition) is 2. The van der Waals surface area contributed by atoms with E-state index < -0.39 is 11.5 Å². The number of aromatic nitrogens is 1. The van der Waals surface area contributed by atoms with Crippen molar-refractivity contribution in [1.82, 2.24) is 4.57 Å². The smallest absolute Gasteiger partial charge is 0.336 e. The van der Waals surface area contributed by atoms with Crippen LogP contribution in [-0.4, -0.2) is 20.7 Å². The third kappa shape index (κ3) is 1.29. The summed E-state index contributed by atoms with van der Waals surface area (Å²) in [5, 5.41) is 17.5. The number of carbonyl (C=O) groups is 1. The lowest BCUT2D eigenvalue weighted by Crippen LogP contribution is -2.17. The Balaban J connectivity index is 3.41. The highest BCUT2D eigenvalue weighted by molar-refractivity contribution is 5.87. The Hall–Kier alpha value is -1.78. The average Bonchev–Trinajstić information content (AvgIpc) is 1.99. The molecule has 0 radical (unpaired) electrons. The van der Waals surface area contributed by atoms with Gasteiger partial charge in [0.15, 0.2) is 5.88 Å². The molecule has 1 rings (SSSR count). The van der Waals surface area contributed by atoms with Crippen LogP contribution in [0.25, 0.3) is 0 Å². The van der Waals surface area contributed by atoms with E-state index in [-0.39, 0.29) is 11.4 Å². The van der Waals surface area contributed by atoms with Crippen LogP contribution in [0.1, 0.15) is 10.4 Å². The normalized spacial score (nSPS) is 9.75. The molecule has 0 unspecified atom stereocenters. The summed E-state index contributed by atoms with van der Waals surface area (Å²) in [6.07, 6.45) is 0. The van der Waals surface area contributed by atoms with Crippen molar-refractivity contribution in [2.24, 2.45) is 7.05 Å². The fraction of sp³-hybridized carbons (Fsp3) is 0.143. The number of hydrogen-bond acceptors (Lipinski definition) is 3. The van der Waals surface area contributed by atoms with Crippen molar-refractivity contribution in [1.29, 1.82) is 0 Å². The lowest BCUT2D eigenvalue weighted by atomic mass is 10.2. The lowest BCUT2D eigenvalue weighted by molar-refractivity contribution is 0.0696. The third-order valence-electron chi connectivity index (χ3n) is 1.48. The molecule has 0 amide bonds. The van der Waals surface area contributed by atoms with Gasteiger partial charge in [0, 0.05) is 19.2 Å². The number of pyridine rings is 1. The second kappa shape index (κ2) is 2.69. The molecule has 0 bridgehead atoms. The summed E-state index contributed by atoms with van der Waals surface area (Å²) in [4.78, 5) is 21.3. The summed E-state index contributed by atoms with van der Waals surface area (Å²) in [6, 6.07) is 1.96. The summed E-state index contributed by atoms with van der Waals surface area (Å²) in [5.41, 5.74) is -0.761. The first kappa shape index (κ1) is 8.32. The quantitative estimate of drug-likeness (QED) is 0.609. The van der Waals surface area contributed by atoms with E-state index in [1.165, 1.54) is 7.05 Å². The van der Waals surface area contributed by atoms with E-state index in [2.05, 4.69) is 0 Å². The molecule has 0 spiro atoms. The second-order valence-corrected chi connectivity index (χ2v) is 2.30. The van der Waals surface area contributed by atoms with E-state index in [1.807, 2.05) is 0 Å². The number of aromatic carboxylic acids is 1. The van der Waals surface area contributed by atoms with Crippen LogP contribution in [0, 0.1) is 0 Å². The molecule has 1 aromatic heterocycles. The van der Waals surface area contributed by atoms with Crippen molar-refractivity contribution in [3.63, 3.8) is 0 Å². The van der Waals surface area contributed by atoms with E-state index in [0.29, 0.717) is 0 Å². The van der Waals surface area contributed by atoms with Crippen molar-refractivity contribution in [2.45, 2.75) is 0 Å². The summed E-state index contributed by atoms with van der Waals surface area (Å²) in [5.74, 6) is -1.59. The predicted octanol–water partition coefficient (Wildman–Crippen LogP) is -0.211. The first-order chi connectivity index (χ1) is 5.52. The molecule has 1 heterocycles. The Labute approximate surface area is 67.5 Å². The largest absolute Gasteiger partial charge is 0.494 e. The molecule has 0 saturated carbocycles. The molecule has 0 aromatic carbocycles. The minimum atomic E-state index is -1.23. The van der Waals surface area contributed by atoms with Gasteiger partial charge in [0.05, 0.1) is 5.56 Å². The van der Waals surface area contributed by atoms with Gasteiger partial charge in [-0.3, -0.25) is 9.36 Å². The van der Waals surface area contributed by atoms with Crippen LogP contribution < -0.4 is 5.56 Å². The van der Waals surface area contributed by atoms with Crippen LogP contribution in [0.15, 0.2) is 16.9 Å². The molecular formula is C7H7NO4. The van der Waals surface area contributed by atoms with Crippen LogP contribution in [0.4, 0.5) is 0 Å². The van der Waals surface area contributed by atoms with Gasteiger partial charge in [0.2, 0.25) is 0 Å². The Bertz CT molecular complexity index is 379. The maximum atomic E-state index is 10.9. The summed E-state index contributed by atoms with van der Waals surface area (Å²) in [7, 11) is 1.35. The fourth-order valence-electron chi connectivity index (χ4n) is 0.744. The van der Waals surface area contributed by atoms with E-state index in [4.69, 9.17) is 10.2 Å². The van der Waals surface area contributed by atoms with Gasteiger partial charge in [0.1, 0.15) is 0 Å². The molecule has 5 nitrogen and oxygen atoms in total. The molecule has 0 saturated heterocycles. The van der Waals surface area contributed by atoms with Crippen molar-refractivity contribution in [3.05, 3.63) is 28.0 Å². The van der Waals surface area contributed by atoms with Crippen LogP contribution >= 0.6 is 0 Å². The van der Waals surface area contributed by atoms with Crippen LogP contribution in [-0.2, 0) is 7.05 Å². The second-order valence-electron chi connectivity index (χ2n) is 2.30. The zero-order valence-corrected chi connectivity index (χ0v) is 6.31. The summed E-state index contributed by atoms with van der Waals surface area (Å²) < 4.78 is 0.951. The van der Waals surface area contributed by atoms with Gasteiger partial charge in [0.25, 0.3) is 5.56 Å². The molecular weight excluding hydrogens is 162 g/mol. The maximum absolute atomic E-state index is 10.9. The van der Waals surface area contributed by atoms with E-state index >= 15 is 0 Å². The first-order valence-corrected chi connectivity index (χ1v) is 3.15. The molecule has 0 atom stereocenters. The molecule has 0 aliphatic heterocycles. The first-order valence-electron chi connectivity index (χ1n) is 3.15. The number of aromatic hydroxyl groups is 1. The third-order valence-corrected chi connectivity index (χ3v) is 1.48. The molecule has 0 aliphatic rings. The minimum absolute atomic E-state index is 0.212. The van der Waals surface area contributed by atoms with E-state index in [0.717, 1.165) is 16.7 Å². The van der Waals surface area contributed by atoms with Crippen LogP contribution in [0.5, 0.6) is 5.88 Å². The Kier molecular flexibility index (Phi) is 1.86. The monoisotopic (exact) mass is 169 g/mol. The van der Waals surface area contributed by atoms with Crippen molar-refractivity contribution >= 4 is 5.97 Å². The number of nitrogens with zero attached hydrogens (tertiary/aromatic N) is 1. The number of rotatable bonds is 1. The van der Waals surface area contributed by atoms with Gasteiger partial charge in [-0.15, -0.1) is 0 Å². The zero-order chi connectivity index (χ0) is 9.30. The van der Waals surface area contributed by atoms with Gasteiger partial charge in [-0.05, 0) is 0 Å². The Morgan fingerprint density at radius 3 is 2.50 bits per heavy atom. The predicted molar refractivity (Wildman–Crippen MR) is 40.3 cm³/mol. The van der Waals surface area contributed by atoms with Crippen molar-refractivity contribution in [3.8, 4) is 5.88 Å². The van der Waals surface area contributed by atoms with E-state index in [1.54, 1.807) is 0 Å². The highest BCUT2D eigenvalue weighted by Gasteiger charge is 2.07. The topological polar surface area (TPSA) is 79.5 Å². The van der Waals surface area contributed by atoms with Gasteiger partial charge in [-0.1, -0.05) is 0 Å². The fourth-order valence-corrected chi connectivity index (χ4v) is 0.744. The van der Waals surface area contributed by atoms with Crippen LogP contribution in [0.3, 0.4) is 0 Å². The average molecular weight is 169 g/mol. The standard InChI is InChI=1S/C7H7NO4/c1-8-5(9)2-4(7(11)12)3-6(8)10/h2-3,9H,1H3,(H,11,12). The molecule has 5 heteroatoms. The number of carboxylic acid groups (broad SMARTS) is 1. The van der Waals surface area contributed by atoms with Crippen LogP contribution in [0.2, 0.25) is 0 Å². The van der Waals surface area contributed by atoms with Gasteiger partial charge >= 0.3 is 5.97 Å². The zero-order valence-electron chi connectivity index (χ0n) is 6.31. The van der Waals surface area contributed by atoms with Crippen molar-refractivity contribution < 1.29 is 15.0 Å². The number of carboxylic acids is 1. The maximum Gasteiger partial charge on any atom is 0.336 e. The molecule has 0 fully saturated rings. The van der Waals surface area contributed by atoms with Gasteiger partial charge < -0.3 is 10.2 Å². The van der Waals surface area contributed by atoms with Gasteiger partial charge in [-0.2, -0.15) is 0 Å². The van der Waals surface area contributed by atoms with Crippen molar-refractivity contribution in [2.75, 3.05) is 0 Å². The SMILES string of the molecule is Cn1c(O)cc(C(=O)O)cc1=O. The summed E-state index contributed by atoms with van der Waals surface area (Å²) >= 11 is 0. The van der Waals surface area contributed by atoms with Gasteiger partial charge in [-0.25, -0.2) is 4.79 Å². The minimum Gasteiger partial charge on any atom is -0.494 e.